The molecule has 7 heteroatoms. The van der Waals surface area contributed by atoms with Crippen LogP contribution in [-0.4, -0.2) is 32.5 Å². The predicted molar refractivity (Wildman–Crippen MR) is 105 cm³/mol. The summed E-state index contributed by atoms with van der Waals surface area (Å²) in [6, 6.07) is 9.14. The van der Waals surface area contributed by atoms with Gasteiger partial charge in [0.1, 0.15) is 11.5 Å². The molecule has 0 radical (unpaired) electrons. The van der Waals surface area contributed by atoms with Crippen LogP contribution in [0.15, 0.2) is 52.9 Å². The number of methoxy groups -OCH3 is 1. The maximum absolute atomic E-state index is 11.3. The lowest BCUT2D eigenvalue weighted by atomic mass is 10.1. The van der Waals surface area contributed by atoms with E-state index in [1.165, 1.54) is 0 Å². The molecule has 0 spiro atoms. The number of ether oxygens (including phenoxy) is 1. The fourth-order valence-corrected chi connectivity index (χ4v) is 3.35. The molecular weight excluding hydrogens is 350 g/mol. The third-order valence-corrected chi connectivity index (χ3v) is 4.54. The molecule has 0 fully saturated rings. The molecule has 136 valence electrons. The van der Waals surface area contributed by atoms with Crippen molar-refractivity contribution in [2.75, 3.05) is 18.1 Å². The Bertz CT molecular complexity index is 1030. The van der Waals surface area contributed by atoms with Gasteiger partial charge in [-0.2, -0.15) is 0 Å². The highest BCUT2D eigenvalue weighted by Gasteiger charge is 2.17. The van der Waals surface area contributed by atoms with Crippen LogP contribution in [-0.2, 0) is 14.8 Å². The number of nitrogens with zero attached hydrogens (tertiary/aromatic N) is 1. The van der Waals surface area contributed by atoms with Crippen LogP contribution >= 0.6 is 0 Å². The first-order valence-corrected chi connectivity index (χ1v) is 9.95. The zero-order chi connectivity index (χ0) is 18.9. The van der Waals surface area contributed by atoms with Crippen LogP contribution in [0.25, 0.3) is 6.08 Å². The second-order valence-electron chi connectivity index (χ2n) is 6.24. The maximum Gasteiger partial charge on any atom is 0.229 e. The number of hydrogen-bond donors (Lipinski definition) is 2. The van der Waals surface area contributed by atoms with Crippen LogP contribution in [0.1, 0.15) is 22.5 Å². The lowest BCUT2D eigenvalue weighted by Gasteiger charge is -2.04. The summed E-state index contributed by atoms with van der Waals surface area (Å²) in [6.45, 7) is 4.05. The molecule has 0 aliphatic carbocycles. The lowest BCUT2D eigenvalue weighted by molar-refractivity contribution is 0.303. The summed E-state index contributed by atoms with van der Waals surface area (Å²) in [5.41, 5.74) is 6.13. The number of aromatic nitrogens is 1. The Kier molecular flexibility index (Phi) is 4.73. The number of benzene rings is 1. The molecule has 0 amide bonds. The maximum atomic E-state index is 11.3. The molecule has 1 aromatic carbocycles. The number of aryl methyl sites for hydroxylation is 2. The van der Waals surface area contributed by atoms with Crippen LogP contribution in [0.3, 0.4) is 0 Å². The summed E-state index contributed by atoms with van der Waals surface area (Å²) in [6.07, 6.45) is 4.96. The minimum Gasteiger partial charge on any atom is -0.494 e. The van der Waals surface area contributed by atoms with Gasteiger partial charge in [0.25, 0.3) is 0 Å². The summed E-state index contributed by atoms with van der Waals surface area (Å²) in [7, 11) is -1.68. The number of H-pyrrole nitrogens is 1. The second-order valence-corrected chi connectivity index (χ2v) is 7.99. The molecule has 0 saturated heterocycles. The first kappa shape index (κ1) is 18.0. The second kappa shape index (κ2) is 6.84. The normalized spacial score (nSPS) is 15.8. The van der Waals surface area contributed by atoms with Gasteiger partial charge in [-0.3, -0.25) is 4.72 Å². The molecule has 0 bridgehead atoms. The van der Waals surface area contributed by atoms with Crippen LogP contribution < -0.4 is 4.72 Å². The quantitative estimate of drug-likeness (QED) is 0.845. The number of aliphatic imine (C=N–C) groups is 1. The molecular formula is C19H21N3O3S. The van der Waals surface area contributed by atoms with Gasteiger partial charge in [-0.05, 0) is 43.7 Å². The SMILES string of the molecule is COC1=CC(c2ccc(NS(C)(=O)=O)cc2)=N/C1=C\c1[nH]c(C)cc1C. The Labute approximate surface area is 153 Å². The Morgan fingerprint density at radius 2 is 1.88 bits per heavy atom. The van der Waals surface area contributed by atoms with E-state index in [4.69, 9.17) is 4.74 Å². The van der Waals surface area contributed by atoms with E-state index in [9.17, 15) is 8.42 Å². The van der Waals surface area contributed by atoms with Gasteiger partial charge in [0.15, 0.2) is 0 Å². The first-order chi connectivity index (χ1) is 12.2. The summed E-state index contributed by atoms with van der Waals surface area (Å²) in [5.74, 6) is 0.685. The number of anilines is 1. The molecule has 26 heavy (non-hydrogen) atoms. The summed E-state index contributed by atoms with van der Waals surface area (Å²) in [5, 5.41) is 0. The van der Waals surface area contributed by atoms with E-state index in [-0.39, 0.29) is 0 Å². The molecule has 1 aliphatic heterocycles. The van der Waals surface area contributed by atoms with Crippen molar-refractivity contribution in [3.8, 4) is 0 Å². The van der Waals surface area contributed by atoms with Crippen LogP contribution in [0.4, 0.5) is 5.69 Å². The van der Waals surface area contributed by atoms with Crippen molar-refractivity contribution in [2.45, 2.75) is 13.8 Å². The standard InChI is InChI=1S/C19H21N3O3S/c1-12-9-13(2)20-16(12)10-18-19(25-3)11-17(21-18)14-5-7-15(8-6-14)22-26(4,23)24/h5-11,20,22H,1-4H3/b18-10-. The number of rotatable bonds is 5. The molecule has 0 saturated carbocycles. The number of sulfonamides is 1. The minimum atomic E-state index is -3.29. The van der Waals surface area contributed by atoms with Gasteiger partial charge in [0.05, 0.1) is 19.1 Å². The summed E-state index contributed by atoms with van der Waals surface area (Å²) in [4.78, 5) is 7.97. The Morgan fingerprint density at radius 3 is 2.42 bits per heavy atom. The van der Waals surface area contributed by atoms with Crippen LogP contribution in [0, 0.1) is 13.8 Å². The topological polar surface area (TPSA) is 83.5 Å². The monoisotopic (exact) mass is 371 g/mol. The van der Waals surface area contributed by atoms with Crippen molar-refractivity contribution in [1.29, 1.82) is 0 Å². The molecule has 0 unspecified atom stereocenters. The van der Waals surface area contributed by atoms with Crippen LogP contribution in [0.2, 0.25) is 0 Å². The van der Waals surface area contributed by atoms with Gasteiger partial charge in [0, 0.05) is 28.7 Å². The molecule has 2 N–H and O–H groups in total. The van der Waals surface area contributed by atoms with E-state index < -0.39 is 10.0 Å². The van der Waals surface area contributed by atoms with E-state index in [2.05, 4.69) is 20.8 Å². The lowest BCUT2D eigenvalue weighted by Crippen LogP contribution is -2.09. The number of allylic oxidation sites excluding steroid dienone is 1. The number of hydrogen-bond acceptors (Lipinski definition) is 4. The van der Waals surface area contributed by atoms with Gasteiger partial charge >= 0.3 is 0 Å². The minimum absolute atomic E-state index is 0.513. The third-order valence-electron chi connectivity index (χ3n) is 3.94. The van der Waals surface area contributed by atoms with E-state index in [0.29, 0.717) is 11.4 Å². The fourth-order valence-electron chi connectivity index (χ4n) is 2.79. The van der Waals surface area contributed by atoms with Crippen molar-refractivity contribution in [1.82, 2.24) is 4.98 Å². The molecule has 3 rings (SSSR count). The van der Waals surface area contributed by atoms with Crippen molar-refractivity contribution in [3.05, 3.63) is 70.4 Å². The molecule has 6 nitrogen and oxygen atoms in total. The van der Waals surface area contributed by atoms with Crippen molar-refractivity contribution in [2.24, 2.45) is 4.99 Å². The average Bonchev–Trinajstić information content (AvgIpc) is 3.10. The van der Waals surface area contributed by atoms with Crippen molar-refractivity contribution in [3.63, 3.8) is 0 Å². The predicted octanol–water partition coefficient (Wildman–Crippen LogP) is 3.38. The van der Waals surface area contributed by atoms with E-state index in [0.717, 1.165) is 40.2 Å². The highest BCUT2D eigenvalue weighted by atomic mass is 32.2. The zero-order valence-corrected chi connectivity index (χ0v) is 15.9. The van der Waals surface area contributed by atoms with Gasteiger partial charge in [-0.25, -0.2) is 13.4 Å². The molecule has 1 aliphatic rings. The molecule has 0 atom stereocenters. The van der Waals surface area contributed by atoms with Gasteiger partial charge in [0.2, 0.25) is 10.0 Å². The van der Waals surface area contributed by atoms with Crippen molar-refractivity contribution >= 4 is 27.5 Å². The van der Waals surface area contributed by atoms with E-state index in [1.807, 2.05) is 38.1 Å². The van der Waals surface area contributed by atoms with Gasteiger partial charge in [-0.1, -0.05) is 12.1 Å². The molecule has 1 aromatic heterocycles. The Hall–Kier alpha value is -2.80. The van der Waals surface area contributed by atoms with Crippen molar-refractivity contribution < 1.29 is 13.2 Å². The number of nitrogens with one attached hydrogen (secondary N) is 2. The highest BCUT2D eigenvalue weighted by molar-refractivity contribution is 7.92. The highest BCUT2D eigenvalue weighted by Crippen LogP contribution is 2.26. The molecule has 2 heterocycles. The van der Waals surface area contributed by atoms with Gasteiger partial charge < -0.3 is 9.72 Å². The summed E-state index contributed by atoms with van der Waals surface area (Å²) < 4.78 is 30.5. The van der Waals surface area contributed by atoms with E-state index >= 15 is 0 Å². The average molecular weight is 371 g/mol. The molecule has 2 aromatic rings. The Balaban J connectivity index is 1.91. The Morgan fingerprint density at radius 1 is 1.19 bits per heavy atom. The number of aromatic amines is 1. The van der Waals surface area contributed by atoms with E-state index in [1.54, 1.807) is 19.2 Å². The smallest absolute Gasteiger partial charge is 0.229 e. The first-order valence-electron chi connectivity index (χ1n) is 8.06. The fraction of sp³-hybridized carbons (Fsp3) is 0.211. The summed E-state index contributed by atoms with van der Waals surface area (Å²) >= 11 is 0. The largest absolute Gasteiger partial charge is 0.494 e. The van der Waals surface area contributed by atoms with Gasteiger partial charge in [-0.15, -0.1) is 0 Å². The van der Waals surface area contributed by atoms with Crippen LogP contribution in [0.5, 0.6) is 0 Å². The third kappa shape index (κ3) is 4.05. The zero-order valence-electron chi connectivity index (χ0n) is 15.1.